The molecule has 0 saturated carbocycles. The van der Waals surface area contributed by atoms with Crippen molar-refractivity contribution >= 4 is 17.1 Å². The molecule has 5 rings (SSSR count). The molecule has 0 N–H and O–H groups in total. The minimum atomic E-state index is -0.510. The average molecular weight is 455 g/mol. The Morgan fingerprint density at radius 2 is 2.09 bits per heavy atom. The molecule has 164 valence electrons. The molecule has 0 fully saturated rings. The van der Waals surface area contributed by atoms with E-state index in [2.05, 4.69) is 20.3 Å². The lowest BCUT2D eigenvalue weighted by atomic mass is 9.91. The molecular formula is C22H20F2N6OS. The Balaban J connectivity index is 1.35. The van der Waals surface area contributed by atoms with Crippen molar-refractivity contribution in [2.45, 2.75) is 32.7 Å². The molecule has 1 atom stereocenters. The Kier molecular flexibility index (Phi) is 5.16. The Morgan fingerprint density at radius 3 is 2.88 bits per heavy atom. The van der Waals surface area contributed by atoms with Crippen molar-refractivity contribution < 1.29 is 13.6 Å². The second kappa shape index (κ2) is 8.01. The molecule has 1 aromatic carbocycles. The van der Waals surface area contributed by atoms with Crippen LogP contribution < -0.4 is 0 Å². The summed E-state index contributed by atoms with van der Waals surface area (Å²) in [6, 6.07) is 3.35. The largest absolute Gasteiger partial charge is 0.334 e. The second-order valence-corrected chi connectivity index (χ2v) is 9.18. The Morgan fingerprint density at radius 1 is 1.25 bits per heavy atom. The van der Waals surface area contributed by atoms with Gasteiger partial charge in [0.05, 0.1) is 17.5 Å². The van der Waals surface area contributed by atoms with E-state index in [0.29, 0.717) is 41.3 Å². The number of imidazole rings is 1. The molecule has 1 unspecified atom stereocenters. The van der Waals surface area contributed by atoms with Crippen molar-refractivity contribution in [3.63, 3.8) is 0 Å². The predicted octanol–water partition coefficient (Wildman–Crippen LogP) is 4.22. The van der Waals surface area contributed by atoms with Gasteiger partial charge in [-0.15, -0.1) is 10.2 Å². The summed E-state index contributed by atoms with van der Waals surface area (Å²) >= 11 is 1.43. The number of fused-ring (bicyclic) bond motifs is 1. The van der Waals surface area contributed by atoms with Gasteiger partial charge in [-0.2, -0.15) is 5.10 Å². The van der Waals surface area contributed by atoms with Crippen molar-refractivity contribution in [3.05, 3.63) is 58.8 Å². The minimum Gasteiger partial charge on any atom is -0.334 e. The molecule has 0 bridgehead atoms. The normalized spacial score (nSPS) is 15.7. The van der Waals surface area contributed by atoms with E-state index in [1.54, 1.807) is 24.1 Å². The molecular weight excluding hydrogens is 434 g/mol. The lowest BCUT2D eigenvalue weighted by Gasteiger charge is -2.22. The van der Waals surface area contributed by atoms with Gasteiger partial charge in [0.15, 0.2) is 10.8 Å². The highest BCUT2D eigenvalue weighted by Crippen LogP contribution is 2.31. The van der Waals surface area contributed by atoms with Crippen molar-refractivity contribution in [2.75, 3.05) is 0 Å². The van der Waals surface area contributed by atoms with Crippen LogP contribution in [0.5, 0.6) is 0 Å². The Bertz CT molecular complexity index is 1320. The number of ketones is 1. The first-order valence-electron chi connectivity index (χ1n) is 10.3. The zero-order valence-corrected chi connectivity index (χ0v) is 18.4. The monoisotopic (exact) mass is 454 g/mol. The summed E-state index contributed by atoms with van der Waals surface area (Å²) in [6.45, 7) is 2.54. The molecule has 4 heterocycles. The summed E-state index contributed by atoms with van der Waals surface area (Å²) in [5.41, 5.74) is 1.78. The van der Waals surface area contributed by atoms with E-state index in [9.17, 15) is 13.6 Å². The number of carbonyl (C=O) groups excluding carboxylic acids is 1. The fraction of sp³-hybridized carbons (Fsp3) is 0.318. The molecule has 1 aliphatic heterocycles. The minimum absolute atomic E-state index is 0.00532. The molecule has 0 saturated heterocycles. The van der Waals surface area contributed by atoms with Crippen molar-refractivity contribution in [3.8, 4) is 21.8 Å². The quantitative estimate of drug-likeness (QED) is 0.422. The highest BCUT2D eigenvalue weighted by Gasteiger charge is 2.27. The molecule has 10 heteroatoms. The number of aromatic nitrogens is 6. The number of rotatable bonds is 5. The maximum atomic E-state index is 14.2. The van der Waals surface area contributed by atoms with Gasteiger partial charge in [0.1, 0.15) is 28.2 Å². The van der Waals surface area contributed by atoms with Crippen LogP contribution in [0.4, 0.5) is 8.78 Å². The van der Waals surface area contributed by atoms with Gasteiger partial charge < -0.3 is 4.57 Å². The van der Waals surface area contributed by atoms with E-state index in [4.69, 9.17) is 0 Å². The van der Waals surface area contributed by atoms with Crippen LogP contribution in [0.2, 0.25) is 0 Å². The van der Waals surface area contributed by atoms with E-state index in [1.165, 1.54) is 11.3 Å². The van der Waals surface area contributed by atoms with Gasteiger partial charge in [0, 0.05) is 38.2 Å². The summed E-state index contributed by atoms with van der Waals surface area (Å²) in [6.07, 6.45) is 5.14. The van der Waals surface area contributed by atoms with Gasteiger partial charge >= 0.3 is 0 Å². The third kappa shape index (κ3) is 3.75. The number of hydrogen-bond donors (Lipinski definition) is 0. The molecule has 0 spiro atoms. The van der Waals surface area contributed by atoms with Crippen LogP contribution in [-0.4, -0.2) is 35.3 Å². The number of halogens is 2. The first kappa shape index (κ1) is 20.6. The zero-order chi connectivity index (χ0) is 22.4. The maximum absolute atomic E-state index is 14.2. The number of Topliss-reactive ketones (excluding diaryl/α,β-unsaturated/α-hetero) is 1. The van der Waals surface area contributed by atoms with Gasteiger partial charge in [-0.1, -0.05) is 11.3 Å². The van der Waals surface area contributed by atoms with Crippen LogP contribution in [0.1, 0.15) is 34.2 Å². The lowest BCUT2D eigenvalue weighted by molar-refractivity contribution is 0.0945. The van der Waals surface area contributed by atoms with Crippen LogP contribution in [0.3, 0.4) is 0 Å². The van der Waals surface area contributed by atoms with Crippen molar-refractivity contribution in [1.29, 1.82) is 0 Å². The van der Waals surface area contributed by atoms with Crippen molar-refractivity contribution in [2.24, 2.45) is 13.0 Å². The van der Waals surface area contributed by atoms with E-state index < -0.39 is 11.6 Å². The molecule has 0 aliphatic carbocycles. The standard InChI is InChI=1S/C22H20F2N6OS/c1-12-27-28-22(32-12)16-10-25-29(2)21(16)19(31)7-13-5-6-30-11-18(26-20(30)8-13)15-9-14(23)3-4-17(15)24/h3-4,9-11,13H,5-8H2,1-2H3. The molecule has 0 amide bonds. The fourth-order valence-corrected chi connectivity index (χ4v) is 4.88. The number of aryl methyl sites for hydroxylation is 3. The van der Waals surface area contributed by atoms with Gasteiger partial charge in [0.25, 0.3) is 0 Å². The number of hydrogen-bond acceptors (Lipinski definition) is 6. The van der Waals surface area contributed by atoms with Crippen molar-refractivity contribution in [1.82, 2.24) is 29.5 Å². The molecule has 0 radical (unpaired) electrons. The smallest absolute Gasteiger partial charge is 0.181 e. The van der Waals surface area contributed by atoms with E-state index in [-0.39, 0.29) is 17.3 Å². The number of nitrogens with zero attached hydrogens (tertiary/aromatic N) is 6. The highest BCUT2D eigenvalue weighted by molar-refractivity contribution is 7.14. The number of carbonyl (C=O) groups is 1. The highest BCUT2D eigenvalue weighted by atomic mass is 32.1. The summed E-state index contributed by atoms with van der Waals surface area (Å²) in [5.74, 6) is -0.147. The zero-order valence-electron chi connectivity index (χ0n) is 17.5. The van der Waals surface area contributed by atoms with Crippen LogP contribution in [0, 0.1) is 24.5 Å². The summed E-state index contributed by atoms with van der Waals surface area (Å²) in [7, 11) is 1.75. The van der Waals surface area contributed by atoms with Gasteiger partial charge in [-0.3, -0.25) is 9.48 Å². The first-order valence-corrected chi connectivity index (χ1v) is 11.1. The van der Waals surface area contributed by atoms with Crippen LogP contribution in [-0.2, 0) is 20.0 Å². The molecule has 4 aromatic rings. The SMILES string of the molecule is Cc1nnc(-c2cnn(C)c2C(=O)CC2CCn3cc(-c4cc(F)ccc4F)nc3C2)s1. The van der Waals surface area contributed by atoms with E-state index >= 15 is 0 Å². The lowest BCUT2D eigenvalue weighted by Crippen LogP contribution is -2.22. The maximum Gasteiger partial charge on any atom is 0.181 e. The second-order valence-electron chi connectivity index (χ2n) is 8.00. The molecule has 7 nitrogen and oxygen atoms in total. The average Bonchev–Trinajstić information content (AvgIpc) is 3.47. The topological polar surface area (TPSA) is 78.5 Å². The summed E-state index contributed by atoms with van der Waals surface area (Å²) in [5, 5.41) is 14.0. The van der Waals surface area contributed by atoms with Gasteiger partial charge in [0.2, 0.25) is 0 Å². The fourth-order valence-electron chi connectivity index (χ4n) is 4.18. The van der Waals surface area contributed by atoms with E-state index in [0.717, 1.165) is 35.5 Å². The van der Waals surface area contributed by atoms with Gasteiger partial charge in [-0.25, -0.2) is 13.8 Å². The third-order valence-electron chi connectivity index (χ3n) is 5.75. The first-order chi connectivity index (χ1) is 15.4. The Labute approximate surface area is 186 Å². The molecule has 32 heavy (non-hydrogen) atoms. The third-order valence-corrected chi connectivity index (χ3v) is 6.62. The summed E-state index contributed by atoms with van der Waals surface area (Å²) in [4.78, 5) is 17.7. The van der Waals surface area contributed by atoms with Crippen LogP contribution >= 0.6 is 11.3 Å². The number of benzene rings is 1. The van der Waals surface area contributed by atoms with Crippen LogP contribution in [0.15, 0.2) is 30.6 Å². The van der Waals surface area contributed by atoms with Crippen LogP contribution in [0.25, 0.3) is 21.8 Å². The van der Waals surface area contributed by atoms with Gasteiger partial charge in [-0.05, 0) is 37.5 Å². The molecule has 3 aromatic heterocycles. The molecule has 1 aliphatic rings. The predicted molar refractivity (Wildman–Crippen MR) is 115 cm³/mol. The summed E-state index contributed by atoms with van der Waals surface area (Å²) < 4.78 is 31.3. The van der Waals surface area contributed by atoms with E-state index in [1.807, 2.05) is 11.5 Å². The Hall–Kier alpha value is -3.27.